The monoisotopic (exact) mass is 643 g/mol. The molecule has 0 bridgehead atoms. The highest BCUT2D eigenvalue weighted by molar-refractivity contribution is 5.76. The fraction of sp³-hybridized carbons (Fsp3) is 0.400. The lowest BCUT2D eigenvalue weighted by Gasteiger charge is -2.28. The third kappa shape index (κ3) is 5.49. The minimum atomic E-state index is -4.62. The molecule has 7 rings (SSSR count). The maximum absolute atomic E-state index is 13.6. The average molecular weight is 644 g/mol. The number of imidazole rings is 2. The molecule has 1 N–H and O–H groups in total. The Balaban J connectivity index is 1.29. The second-order valence-corrected chi connectivity index (χ2v) is 11.6. The third-order valence-electron chi connectivity index (χ3n) is 8.41. The zero-order chi connectivity index (χ0) is 32.4. The second-order valence-electron chi connectivity index (χ2n) is 11.6. The summed E-state index contributed by atoms with van der Waals surface area (Å²) in [6.07, 6.45) is -1.28. The Labute approximate surface area is 257 Å². The summed E-state index contributed by atoms with van der Waals surface area (Å²) in [5.41, 5.74) is 0.868. The number of aromatic nitrogens is 8. The molecule has 2 saturated carbocycles. The molecule has 2 aliphatic rings. The van der Waals surface area contributed by atoms with Crippen LogP contribution in [-0.4, -0.2) is 51.9 Å². The number of hydrogen-bond donors (Lipinski definition) is 1. The molecule has 4 aromatic heterocycles. The van der Waals surface area contributed by atoms with Crippen molar-refractivity contribution < 1.29 is 31.1 Å². The molecular weight excluding hydrogens is 616 g/mol. The van der Waals surface area contributed by atoms with Gasteiger partial charge in [0, 0.05) is 23.7 Å². The van der Waals surface area contributed by atoms with Crippen LogP contribution in [-0.2, 0) is 19.3 Å². The van der Waals surface area contributed by atoms with Crippen LogP contribution in [0.1, 0.15) is 61.0 Å². The van der Waals surface area contributed by atoms with Crippen molar-refractivity contribution in [3.05, 3.63) is 65.6 Å². The first kappa shape index (κ1) is 29.9. The number of hydrogen-bond acceptors (Lipinski definition) is 7. The molecule has 0 unspecified atom stereocenters. The minimum absolute atomic E-state index is 0.00805. The Kier molecular flexibility index (Phi) is 7.12. The summed E-state index contributed by atoms with van der Waals surface area (Å²) in [7, 11) is 1.44. The molecule has 10 nitrogen and oxygen atoms in total. The van der Waals surface area contributed by atoms with Crippen LogP contribution in [0.15, 0.2) is 43.0 Å². The molecule has 0 aliphatic heterocycles. The van der Waals surface area contributed by atoms with Gasteiger partial charge in [0.05, 0.1) is 25.5 Å². The van der Waals surface area contributed by atoms with Crippen LogP contribution in [0.5, 0.6) is 5.88 Å². The van der Waals surface area contributed by atoms with E-state index in [1.807, 2.05) is 0 Å². The van der Waals surface area contributed by atoms with Crippen molar-refractivity contribution in [3.8, 4) is 28.7 Å². The van der Waals surface area contributed by atoms with E-state index >= 15 is 0 Å². The van der Waals surface area contributed by atoms with Crippen molar-refractivity contribution in [3.63, 3.8) is 0 Å². The van der Waals surface area contributed by atoms with Gasteiger partial charge in [-0.15, -0.1) is 0 Å². The minimum Gasteiger partial charge on any atom is -0.480 e. The van der Waals surface area contributed by atoms with Crippen LogP contribution in [0.2, 0.25) is 0 Å². The molecular formula is C30H27F6N9O. The van der Waals surface area contributed by atoms with Gasteiger partial charge in [-0.2, -0.15) is 26.3 Å². The van der Waals surface area contributed by atoms with Crippen LogP contribution < -0.4 is 10.4 Å². The van der Waals surface area contributed by atoms with E-state index in [0.717, 1.165) is 42.9 Å². The van der Waals surface area contributed by atoms with Gasteiger partial charge < -0.3 is 9.30 Å². The van der Waals surface area contributed by atoms with Crippen molar-refractivity contribution in [2.24, 2.45) is 0 Å². The van der Waals surface area contributed by atoms with E-state index in [2.05, 4.69) is 24.9 Å². The summed E-state index contributed by atoms with van der Waals surface area (Å²) in [4.78, 5) is 21.5. The van der Waals surface area contributed by atoms with Gasteiger partial charge in [0.1, 0.15) is 29.8 Å². The van der Waals surface area contributed by atoms with Gasteiger partial charge in [0.25, 0.3) is 0 Å². The normalized spacial score (nSPS) is 15.8. The standard InChI is InChI=1S/C30H27F6N9O/c1-46-27-22(23(17-9-10-17)39-15-40-27)24-38-11-20-26(42-24)44(28(37)45(20)14-29(31,32)33)12-16-5-7-18(8-6-16)25-41-21(30(34,35)36)13-43(25)19-3-2-4-19/h5-8,11,13,15,17,19,37H,2-4,9-10,12,14H2,1H3. The lowest BCUT2D eigenvalue weighted by Crippen LogP contribution is -2.30. The van der Waals surface area contributed by atoms with Gasteiger partial charge in [0.2, 0.25) is 11.5 Å². The van der Waals surface area contributed by atoms with E-state index < -0.39 is 30.2 Å². The quantitative estimate of drug-likeness (QED) is 0.200. The number of fused-ring (bicyclic) bond motifs is 1. The van der Waals surface area contributed by atoms with Crippen molar-refractivity contribution >= 4 is 11.2 Å². The lowest BCUT2D eigenvalue weighted by atomic mass is 9.92. The van der Waals surface area contributed by atoms with Gasteiger partial charge in [-0.25, -0.2) is 24.9 Å². The maximum Gasteiger partial charge on any atom is 0.434 e. The van der Waals surface area contributed by atoms with Crippen LogP contribution in [0.4, 0.5) is 26.3 Å². The molecule has 0 amide bonds. The Bertz CT molecular complexity index is 1980. The summed E-state index contributed by atoms with van der Waals surface area (Å²) in [6.45, 7) is -1.47. The SMILES string of the molecule is COc1ncnc(C2CC2)c1-c1ncc2c(n1)n(Cc1ccc(-c3nc(C(F)(F)F)cn3C3CCC3)cc1)c(=N)n2CC(F)(F)F. The van der Waals surface area contributed by atoms with Gasteiger partial charge in [0.15, 0.2) is 17.2 Å². The summed E-state index contributed by atoms with van der Waals surface area (Å²) in [5, 5.41) is 8.71. The Hall–Kier alpha value is -4.76. The third-order valence-corrected chi connectivity index (χ3v) is 8.41. The summed E-state index contributed by atoms with van der Waals surface area (Å²) in [5.74, 6) is 0.740. The highest BCUT2D eigenvalue weighted by Crippen LogP contribution is 2.45. The fourth-order valence-electron chi connectivity index (χ4n) is 5.77. The molecule has 4 heterocycles. The number of ether oxygens (including phenoxy) is 1. The van der Waals surface area contributed by atoms with Crippen molar-refractivity contribution in [1.82, 2.24) is 38.6 Å². The first-order chi connectivity index (χ1) is 21.9. The zero-order valence-corrected chi connectivity index (χ0v) is 24.4. The van der Waals surface area contributed by atoms with Crippen LogP contribution >= 0.6 is 0 Å². The van der Waals surface area contributed by atoms with Gasteiger partial charge >= 0.3 is 12.4 Å². The van der Waals surface area contributed by atoms with Gasteiger partial charge in [-0.05, 0) is 37.7 Å². The smallest absolute Gasteiger partial charge is 0.434 e. The molecule has 5 aromatic rings. The molecule has 0 spiro atoms. The van der Waals surface area contributed by atoms with E-state index in [0.29, 0.717) is 22.4 Å². The number of nitrogens with one attached hydrogen (secondary N) is 1. The number of benzene rings is 1. The zero-order valence-electron chi connectivity index (χ0n) is 24.4. The molecule has 240 valence electrons. The first-order valence-corrected chi connectivity index (χ1v) is 14.6. The molecule has 2 fully saturated rings. The van der Waals surface area contributed by atoms with Crippen molar-refractivity contribution in [2.75, 3.05) is 7.11 Å². The van der Waals surface area contributed by atoms with Crippen LogP contribution in [0.3, 0.4) is 0 Å². The summed E-state index contributed by atoms with van der Waals surface area (Å²) in [6, 6.07) is 6.50. The van der Waals surface area contributed by atoms with Crippen molar-refractivity contribution in [2.45, 2.75) is 69.5 Å². The second kappa shape index (κ2) is 10.9. The first-order valence-electron chi connectivity index (χ1n) is 14.6. The van der Waals surface area contributed by atoms with E-state index in [1.54, 1.807) is 28.8 Å². The molecule has 0 saturated heterocycles. The Morgan fingerprint density at radius 3 is 2.28 bits per heavy atom. The Morgan fingerprint density at radius 2 is 1.67 bits per heavy atom. The predicted octanol–water partition coefficient (Wildman–Crippen LogP) is 6.27. The maximum atomic E-state index is 13.6. The summed E-state index contributed by atoms with van der Waals surface area (Å²) < 4.78 is 90.5. The number of nitrogens with zero attached hydrogens (tertiary/aromatic N) is 8. The topological polar surface area (TPSA) is 112 Å². The molecule has 16 heteroatoms. The van der Waals surface area contributed by atoms with Gasteiger partial charge in [-0.3, -0.25) is 14.5 Å². The highest BCUT2D eigenvalue weighted by atomic mass is 19.4. The molecule has 46 heavy (non-hydrogen) atoms. The number of halogens is 6. The Morgan fingerprint density at radius 1 is 0.935 bits per heavy atom. The number of alkyl halides is 6. The summed E-state index contributed by atoms with van der Waals surface area (Å²) >= 11 is 0. The molecule has 0 atom stereocenters. The highest BCUT2D eigenvalue weighted by Gasteiger charge is 2.37. The molecule has 2 aliphatic carbocycles. The van der Waals surface area contributed by atoms with E-state index in [9.17, 15) is 26.3 Å². The number of methoxy groups -OCH3 is 1. The van der Waals surface area contributed by atoms with E-state index in [4.69, 9.17) is 10.1 Å². The van der Waals surface area contributed by atoms with Crippen molar-refractivity contribution in [1.29, 1.82) is 5.41 Å². The largest absolute Gasteiger partial charge is 0.480 e. The number of rotatable bonds is 8. The molecule has 1 aromatic carbocycles. The van der Waals surface area contributed by atoms with Gasteiger partial charge in [-0.1, -0.05) is 24.3 Å². The van der Waals surface area contributed by atoms with E-state index in [1.165, 1.54) is 24.2 Å². The predicted molar refractivity (Wildman–Crippen MR) is 152 cm³/mol. The lowest BCUT2D eigenvalue weighted by molar-refractivity contribution is -0.141. The molecule has 0 radical (unpaired) electrons. The average Bonchev–Trinajstić information content (AvgIpc) is 3.69. The fourth-order valence-corrected chi connectivity index (χ4v) is 5.77. The van der Waals surface area contributed by atoms with Crippen LogP contribution in [0.25, 0.3) is 33.9 Å². The van der Waals surface area contributed by atoms with E-state index in [-0.39, 0.29) is 47.2 Å². The van der Waals surface area contributed by atoms with Crippen LogP contribution in [0, 0.1) is 5.41 Å².